The minimum absolute atomic E-state index is 0.00598. The van der Waals surface area contributed by atoms with E-state index in [0.717, 1.165) is 19.6 Å². The molecule has 9 nitrogen and oxygen atoms in total. The second-order valence-corrected chi connectivity index (χ2v) is 7.49. The van der Waals surface area contributed by atoms with E-state index in [2.05, 4.69) is 25.3 Å². The second-order valence-electron chi connectivity index (χ2n) is 7.49. The van der Waals surface area contributed by atoms with Crippen molar-refractivity contribution in [3.05, 3.63) is 24.2 Å². The number of nitrogens with one attached hydrogen (secondary N) is 1. The second kappa shape index (κ2) is 8.24. The lowest BCUT2D eigenvalue weighted by atomic mass is 10.2. The number of methoxy groups -OCH3 is 1. The zero-order valence-electron chi connectivity index (χ0n) is 17.8. The number of carbonyl (C=O) groups is 1. The number of pyridine rings is 1. The molecule has 0 unspecified atom stereocenters. The summed E-state index contributed by atoms with van der Waals surface area (Å²) in [6.45, 7) is 3.03. The molecule has 1 amide bonds. The number of anilines is 1. The van der Waals surface area contributed by atoms with Crippen LogP contribution in [0.2, 0.25) is 0 Å². The van der Waals surface area contributed by atoms with Gasteiger partial charge in [0.25, 0.3) is 0 Å². The van der Waals surface area contributed by atoms with E-state index in [0.29, 0.717) is 36.5 Å². The molecule has 4 heterocycles. The summed E-state index contributed by atoms with van der Waals surface area (Å²) in [6, 6.07) is 0.951. The lowest BCUT2D eigenvalue weighted by Gasteiger charge is -2.16. The minimum atomic E-state index is -4.63. The molecule has 170 valence electrons. The van der Waals surface area contributed by atoms with Gasteiger partial charge in [0.15, 0.2) is 17.0 Å². The number of alkyl halides is 3. The number of halogens is 3. The highest BCUT2D eigenvalue weighted by atomic mass is 19.4. The molecule has 0 aromatic carbocycles. The third kappa shape index (κ3) is 3.92. The van der Waals surface area contributed by atoms with Gasteiger partial charge in [-0.1, -0.05) is 6.92 Å². The van der Waals surface area contributed by atoms with Crippen molar-refractivity contribution in [2.24, 2.45) is 7.05 Å². The molecular formula is C20H22F3N7O2. The third-order valence-corrected chi connectivity index (χ3v) is 5.45. The first-order valence-corrected chi connectivity index (χ1v) is 10.1. The lowest BCUT2D eigenvalue weighted by molar-refractivity contribution is -0.139. The number of amides is 1. The third-order valence-electron chi connectivity index (χ3n) is 5.45. The van der Waals surface area contributed by atoms with E-state index in [-0.39, 0.29) is 23.3 Å². The van der Waals surface area contributed by atoms with Crippen LogP contribution in [0.5, 0.6) is 5.88 Å². The Bertz CT molecular complexity index is 1160. The van der Waals surface area contributed by atoms with E-state index in [1.165, 1.54) is 12.5 Å². The van der Waals surface area contributed by atoms with E-state index >= 15 is 0 Å². The molecule has 1 atom stereocenters. The van der Waals surface area contributed by atoms with Gasteiger partial charge in [-0.15, -0.1) is 0 Å². The molecule has 12 heteroatoms. The standard InChI is InChI=1S/C20H22F3N7O2/c1-4-14(31)30-6-5-12(9-30)27-16-15-18(26-10-25-16)29(2)17(28-15)11-7-13(20(21,22)23)19(32-3)24-8-11/h7-8,10,12H,4-6,9H2,1-3H3,(H,25,26,27)/t12-/m0/s1. The highest BCUT2D eigenvalue weighted by molar-refractivity contribution is 5.86. The average molecular weight is 449 g/mol. The van der Waals surface area contributed by atoms with Crippen LogP contribution in [0, 0.1) is 0 Å². The summed E-state index contributed by atoms with van der Waals surface area (Å²) < 4.78 is 46.7. The van der Waals surface area contributed by atoms with Crippen LogP contribution in [0.25, 0.3) is 22.6 Å². The summed E-state index contributed by atoms with van der Waals surface area (Å²) >= 11 is 0. The van der Waals surface area contributed by atoms with Gasteiger partial charge in [0.05, 0.1) is 7.11 Å². The number of hydrogen-bond acceptors (Lipinski definition) is 7. The summed E-state index contributed by atoms with van der Waals surface area (Å²) in [7, 11) is 2.80. The minimum Gasteiger partial charge on any atom is -0.481 e. The first kappa shape index (κ1) is 21.8. The van der Waals surface area contributed by atoms with Crippen molar-refractivity contribution in [1.82, 2.24) is 29.4 Å². The Morgan fingerprint density at radius 2 is 2.09 bits per heavy atom. The summed E-state index contributed by atoms with van der Waals surface area (Å²) in [5.74, 6) is 0.313. The maximum atomic E-state index is 13.4. The SMILES string of the molecule is CCC(=O)N1CC[C@H](Nc2ncnc3c2nc(-c2cnc(OC)c(C(F)(F)F)c2)n3C)C1. The van der Waals surface area contributed by atoms with E-state index in [4.69, 9.17) is 4.74 Å². The fourth-order valence-electron chi connectivity index (χ4n) is 3.82. The van der Waals surface area contributed by atoms with Gasteiger partial charge in [-0.05, 0) is 12.5 Å². The van der Waals surface area contributed by atoms with Gasteiger partial charge >= 0.3 is 6.18 Å². The number of aromatic nitrogens is 5. The number of imidazole rings is 1. The molecule has 0 saturated carbocycles. The molecule has 1 N–H and O–H groups in total. The number of hydrogen-bond donors (Lipinski definition) is 1. The number of ether oxygens (including phenoxy) is 1. The van der Waals surface area contributed by atoms with Crippen LogP contribution < -0.4 is 10.1 Å². The van der Waals surface area contributed by atoms with Crippen molar-refractivity contribution in [3.8, 4) is 17.3 Å². The topological polar surface area (TPSA) is 98.1 Å². The summed E-state index contributed by atoms with van der Waals surface area (Å²) in [4.78, 5) is 30.6. The van der Waals surface area contributed by atoms with E-state index < -0.39 is 17.6 Å². The highest BCUT2D eigenvalue weighted by Gasteiger charge is 2.36. The van der Waals surface area contributed by atoms with E-state index in [9.17, 15) is 18.0 Å². The van der Waals surface area contributed by atoms with Crippen LogP contribution in [0.1, 0.15) is 25.3 Å². The Labute approximate surface area is 181 Å². The van der Waals surface area contributed by atoms with Gasteiger partial charge in [-0.3, -0.25) is 4.79 Å². The number of likely N-dealkylation sites (tertiary alicyclic amines) is 1. The molecule has 1 aliphatic rings. The normalized spacial score (nSPS) is 16.6. The van der Waals surface area contributed by atoms with Crippen molar-refractivity contribution in [2.75, 3.05) is 25.5 Å². The number of fused-ring (bicyclic) bond motifs is 1. The Kier molecular flexibility index (Phi) is 5.61. The number of rotatable bonds is 5. The highest BCUT2D eigenvalue weighted by Crippen LogP contribution is 2.37. The zero-order valence-corrected chi connectivity index (χ0v) is 17.8. The number of nitrogens with zero attached hydrogens (tertiary/aromatic N) is 6. The number of carbonyl (C=O) groups excluding carboxylic acids is 1. The van der Waals surface area contributed by atoms with Crippen molar-refractivity contribution in [3.63, 3.8) is 0 Å². The predicted molar refractivity (Wildman–Crippen MR) is 110 cm³/mol. The van der Waals surface area contributed by atoms with Gasteiger partial charge in [-0.2, -0.15) is 13.2 Å². The maximum Gasteiger partial charge on any atom is 0.421 e. The molecule has 3 aromatic rings. The monoisotopic (exact) mass is 449 g/mol. The smallest absolute Gasteiger partial charge is 0.421 e. The van der Waals surface area contributed by atoms with Gasteiger partial charge in [0, 0.05) is 44.4 Å². The molecule has 4 rings (SSSR count). The Hall–Kier alpha value is -3.44. The fourth-order valence-corrected chi connectivity index (χ4v) is 3.82. The van der Waals surface area contributed by atoms with Gasteiger partial charge in [0.2, 0.25) is 11.8 Å². The van der Waals surface area contributed by atoms with Crippen LogP contribution in [-0.4, -0.2) is 61.6 Å². The van der Waals surface area contributed by atoms with Crippen LogP contribution in [0.4, 0.5) is 19.0 Å². The molecule has 0 spiro atoms. The Balaban J connectivity index is 1.69. The molecule has 1 saturated heterocycles. The van der Waals surface area contributed by atoms with E-state index in [1.54, 1.807) is 16.5 Å². The van der Waals surface area contributed by atoms with Crippen molar-refractivity contribution >= 4 is 22.9 Å². The van der Waals surface area contributed by atoms with Gasteiger partial charge in [-0.25, -0.2) is 19.9 Å². The quantitative estimate of drug-likeness (QED) is 0.640. The Morgan fingerprint density at radius 1 is 1.31 bits per heavy atom. The van der Waals surface area contributed by atoms with Gasteiger partial charge < -0.3 is 19.5 Å². The first-order chi connectivity index (χ1) is 15.2. The molecule has 0 aliphatic carbocycles. The molecular weight excluding hydrogens is 427 g/mol. The lowest BCUT2D eigenvalue weighted by Crippen LogP contribution is -2.31. The molecule has 1 fully saturated rings. The van der Waals surface area contributed by atoms with Crippen molar-refractivity contribution < 1.29 is 22.7 Å². The average Bonchev–Trinajstić information content (AvgIpc) is 3.37. The molecule has 1 aliphatic heterocycles. The zero-order chi connectivity index (χ0) is 23.0. The predicted octanol–water partition coefficient (Wildman–Crippen LogP) is 2.88. The van der Waals surface area contributed by atoms with Crippen molar-refractivity contribution in [1.29, 1.82) is 0 Å². The molecule has 3 aromatic heterocycles. The van der Waals surface area contributed by atoms with Crippen LogP contribution in [0.15, 0.2) is 18.6 Å². The number of aryl methyl sites for hydroxylation is 1. The van der Waals surface area contributed by atoms with Crippen LogP contribution in [0.3, 0.4) is 0 Å². The van der Waals surface area contributed by atoms with E-state index in [1.807, 2.05) is 6.92 Å². The summed E-state index contributed by atoms with van der Waals surface area (Å²) in [5, 5.41) is 3.30. The first-order valence-electron chi connectivity index (χ1n) is 10.1. The fraction of sp³-hybridized carbons (Fsp3) is 0.450. The molecule has 32 heavy (non-hydrogen) atoms. The molecule has 0 radical (unpaired) electrons. The van der Waals surface area contributed by atoms with Gasteiger partial charge in [0.1, 0.15) is 17.7 Å². The largest absolute Gasteiger partial charge is 0.481 e. The summed E-state index contributed by atoms with van der Waals surface area (Å²) in [5.41, 5.74) is 0.0711. The molecule has 0 bridgehead atoms. The maximum absolute atomic E-state index is 13.4. The summed E-state index contributed by atoms with van der Waals surface area (Å²) in [6.07, 6.45) is -0.775. The van der Waals surface area contributed by atoms with Crippen molar-refractivity contribution in [2.45, 2.75) is 32.0 Å². The Morgan fingerprint density at radius 3 is 2.78 bits per heavy atom. The van der Waals surface area contributed by atoms with Crippen LogP contribution >= 0.6 is 0 Å². The van der Waals surface area contributed by atoms with Crippen LogP contribution in [-0.2, 0) is 18.0 Å².